The molecule has 0 aliphatic carbocycles. The van der Waals surface area contributed by atoms with Gasteiger partial charge < -0.3 is 15.7 Å². The van der Waals surface area contributed by atoms with Gasteiger partial charge in [0.2, 0.25) is 5.91 Å². The van der Waals surface area contributed by atoms with Crippen LogP contribution in [0.2, 0.25) is 0 Å². The van der Waals surface area contributed by atoms with Gasteiger partial charge >= 0.3 is 0 Å². The van der Waals surface area contributed by atoms with Gasteiger partial charge in [0.15, 0.2) is 0 Å². The van der Waals surface area contributed by atoms with Gasteiger partial charge in [0.05, 0.1) is 18.7 Å². The van der Waals surface area contributed by atoms with Gasteiger partial charge in [-0.05, 0) is 30.4 Å². The van der Waals surface area contributed by atoms with Crippen LogP contribution in [0.15, 0.2) is 11.4 Å². The lowest BCUT2D eigenvalue weighted by Gasteiger charge is -2.10. The Bertz CT molecular complexity index is 378. The molecule has 0 saturated carbocycles. The summed E-state index contributed by atoms with van der Waals surface area (Å²) in [4.78, 5) is 12.9. The maximum Gasteiger partial charge on any atom is 0.237 e. The van der Waals surface area contributed by atoms with E-state index in [0.717, 1.165) is 0 Å². The van der Waals surface area contributed by atoms with E-state index in [1.807, 2.05) is 18.4 Å². The first-order valence-electron chi connectivity index (χ1n) is 5.39. The van der Waals surface area contributed by atoms with Crippen molar-refractivity contribution in [3.05, 3.63) is 21.9 Å². The second-order valence-corrected chi connectivity index (χ2v) is 5.10. The fraction of sp³-hybridized carbons (Fsp3) is 0.545. The van der Waals surface area contributed by atoms with Crippen molar-refractivity contribution in [3.63, 3.8) is 0 Å². The van der Waals surface area contributed by atoms with Crippen LogP contribution in [-0.2, 0) is 11.3 Å². The van der Waals surface area contributed by atoms with E-state index in [0.29, 0.717) is 19.5 Å². The molecule has 1 aromatic rings. The zero-order valence-corrected chi connectivity index (χ0v) is 10.0. The Kier molecular flexibility index (Phi) is 3.58. The first-order valence-corrected chi connectivity index (χ1v) is 6.27. The Hall–Kier alpha value is -0.910. The largest absolute Gasteiger partial charge is 0.392 e. The van der Waals surface area contributed by atoms with E-state index in [1.54, 1.807) is 11.3 Å². The number of β-amino-alcohol motifs (C(OH)–C–C–N with tert-alkyl or cyclic N) is 1. The van der Waals surface area contributed by atoms with Gasteiger partial charge in [-0.2, -0.15) is 0 Å². The van der Waals surface area contributed by atoms with Crippen molar-refractivity contribution in [2.24, 2.45) is 0 Å². The Labute approximate surface area is 98.7 Å². The fourth-order valence-corrected chi connectivity index (χ4v) is 2.64. The number of aliphatic hydroxyl groups excluding tert-OH is 1. The normalized spacial score (nSPS) is 24.6. The standard InChI is InChI=1S/C11H16N2O2S/c1-7-2-3-16-10(7)6-13-11(15)9-4-8(14)5-12-9/h2-3,8-9,12,14H,4-6H2,1H3,(H,13,15). The first-order chi connectivity index (χ1) is 7.66. The number of rotatable bonds is 3. The third-order valence-corrected chi connectivity index (χ3v) is 3.84. The van der Waals surface area contributed by atoms with Crippen LogP contribution in [0.3, 0.4) is 0 Å². The van der Waals surface area contributed by atoms with Crippen LogP contribution in [0, 0.1) is 6.92 Å². The number of hydrogen-bond donors (Lipinski definition) is 3. The molecule has 16 heavy (non-hydrogen) atoms. The smallest absolute Gasteiger partial charge is 0.237 e. The molecule has 1 amide bonds. The quantitative estimate of drug-likeness (QED) is 0.716. The van der Waals surface area contributed by atoms with Crippen molar-refractivity contribution in [2.75, 3.05) is 6.54 Å². The average molecular weight is 240 g/mol. The molecule has 2 heterocycles. The summed E-state index contributed by atoms with van der Waals surface area (Å²) in [6.07, 6.45) is 0.120. The van der Waals surface area contributed by atoms with Crippen molar-refractivity contribution < 1.29 is 9.90 Å². The van der Waals surface area contributed by atoms with Crippen molar-refractivity contribution >= 4 is 17.2 Å². The SMILES string of the molecule is Cc1ccsc1CNC(=O)C1CC(O)CN1. The molecule has 2 rings (SSSR count). The zero-order chi connectivity index (χ0) is 11.5. The van der Waals surface area contributed by atoms with E-state index >= 15 is 0 Å². The topological polar surface area (TPSA) is 61.4 Å². The van der Waals surface area contributed by atoms with Crippen LogP contribution in [0.1, 0.15) is 16.9 Å². The summed E-state index contributed by atoms with van der Waals surface area (Å²) in [5, 5.41) is 17.2. The predicted molar refractivity (Wildman–Crippen MR) is 63.3 cm³/mol. The summed E-state index contributed by atoms with van der Waals surface area (Å²) in [7, 11) is 0. The van der Waals surface area contributed by atoms with Crippen LogP contribution in [-0.4, -0.2) is 29.7 Å². The van der Waals surface area contributed by atoms with Gasteiger partial charge in [-0.1, -0.05) is 0 Å². The predicted octanol–water partition coefficient (Wildman–Crippen LogP) is 0.396. The molecular weight excluding hydrogens is 224 g/mol. The van der Waals surface area contributed by atoms with E-state index < -0.39 is 0 Å². The molecule has 0 radical (unpaired) electrons. The molecule has 1 fully saturated rings. The highest BCUT2D eigenvalue weighted by Gasteiger charge is 2.27. The summed E-state index contributed by atoms with van der Waals surface area (Å²) in [6, 6.07) is 1.80. The zero-order valence-electron chi connectivity index (χ0n) is 9.19. The van der Waals surface area contributed by atoms with E-state index in [2.05, 4.69) is 10.6 Å². The molecule has 2 unspecified atom stereocenters. The van der Waals surface area contributed by atoms with Crippen molar-refractivity contribution in [1.82, 2.24) is 10.6 Å². The number of thiophene rings is 1. The maximum absolute atomic E-state index is 11.7. The molecule has 1 saturated heterocycles. The van der Waals surface area contributed by atoms with Crippen LogP contribution >= 0.6 is 11.3 Å². The molecule has 3 N–H and O–H groups in total. The Balaban J connectivity index is 1.82. The summed E-state index contributed by atoms with van der Waals surface area (Å²) in [5.74, 6) is -0.0237. The van der Waals surface area contributed by atoms with Crippen molar-refractivity contribution in [3.8, 4) is 0 Å². The van der Waals surface area contributed by atoms with E-state index in [9.17, 15) is 9.90 Å². The van der Waals surface area contributed by atoms with Crippen molar-refractivity contribution in [1.29, 1.82) is 0 Å². The molecule has 0 bridgehead atoms. The lowest BCUT2D eigenvalue weighted by atomic mass is 10.2. The Morgan fingerprint density at radius 2 is 2.56 bits per heavy atom. The molecule has 2 atom stereocenters. The molecule has 4 nitrogen and oxygen atoms in total. The second kappa shape index (κ2) is 4.95. The number of carbonyl (C=O) groups excluding carboxylic acids is 1. The van der Waals surface area contributed by atoms with E-state index in [1.165, 1.54) is 10.4 Å². The molecule has 1 aliphatic rings. The van der Waals surface area contributed by atoms with Crippen LogP contribution < -0.4 is 10.6 Å². The fourth-order valence-electron chi connectivity index (χ4n) is 1.79. The first kappa shape index (κ1) is 11.6. The Morgan fingerprint density at radius 3 is 3.12 bits per heavy atom. The minimum absolute atomic E-state index is 0.0237. The van der Waals surface area contributed by atoms with Gasteiger partial charge in [-0.3, -0.25) is 4.79 Å². The van der Waals surface area contributed by atoms with Gasteiger partial charge in [0, 0.05) is 11.4 Å². The molecule has 1 aromatic heterocycles. The number of nitrogens with one attached hydrogen (secondary N) is 2. The third kappa shape index (κ3) is 2.61. The lowest BCUT2D eigenvalue weighted by Crippen LogP contribution is -2.39. The number of carbonyl (C=O) groups is 1. The molecule has 0 spiro atoms. The lowest BCUT2D eigenvalue weighted by molar-refractivity contribution is -0.123. The summed E-state index contributed by atoms with van der Waals surface area (Å²) >= 11 is 1.65. The second-order valence-electron chi connectivity index (χ2n) is 4.09. The maximum atomic E-state index is 11.7. The van der Waals surface area contributed by atoms with Crippen molar-refractivity contribution in [2.45, 2.75) is 32.0 Å². The highest BCUT2D eigenvalue weighted by Crippen LogP contribution is 2.15. The summed E-state index contributed by atoms with van der Waals surface area (Å²) in [5.41, 5.74) is 1.21. The van der Waals surface area contributed by atoms with E-state index in [4.69, 9.17) is 0 Å². The monoisotopic (exact) mass is 240 g/mol. The number of amides is 1. The summed E-state index contributed by atoms with van der Waals surface area (Å²) in [6.45, 7) is 3.13. The minimum atomic E-state index is -0.390. The molecular formula is C11H16N2O2S. The molecule has 5 heteroatoms. The molecule has 1 aliphatic heterocycles. The number of aliphatic hydroxyl groups is 1. The van der Waals surface area contributed by atoms with Crippen LogP contribution in [0.5, 0.6) is 0 Å². The van der Waals surface area contributed by atoms with Crippen LogP contribution in [0.4, 0.5) is 0 Å². The molecule has 0 aromatic carbocycles. The number of hydrogen-bond acceptors (Lipinski definition) is 4. The number of aryl methyl sites for hydroxylation is 1. The highest BCUT2D eigenvalue weighted by molar-refractivity contribution is 7.10. The molecule has 88 valence electrons. The van der Waals surface area contributed by atoms with Gasteiger partial charge in [0.1, 0.15) is 0 Å². The summed E-state index contributed by atoms with van der Waals surface area (Å²) < 4.78 is 0. The van der Waals surface area contributed by atoms with Gasteiger partial charge in [0.25, 0.3) is 0 Å². The third-order valence-electron chi connectivity index (χ3n) is 2.82. The van der Waals surface area contributed by atoms with Crippen LogP contribution in [0.25, 0.3) is 0 Å². The average Bonchev–Trinajstić information content (AvgIpc) is 2.84. The minimum Gasteiger partial charge on any atom is -0.392 e. The highest BCUT2D eigenvalue weighted by atomic mass is 32.1. The Morgan fingerprint density at radius 1 is 1.75 bits per heavy atom. The van der Waals surface area contributed by atoms with E-state index in [-0.39, 0.29) is 18.1 Å². The van der Waals surface area contributed by atoms with Gasteiger partial charge in [-0.25, -0.2) is 0 Å². The van der Waals surface area contributed by atoms with Gasteiger partial charge in [-0.15, -0.1) is 11.3 Å².